The largest absolute Gasteiger partial charge is 0.495 e. The van der Waals surface area contributed by atoms with E-state index in [1.165, 1.54) is 38.5 Å². The Morgan fingerprint density at radius 3 is 2.38 bits per heavy atom. The maximum atomic E-state index is 6.09. The van der Waals surface area contributed by atoms with E-state index in [0.29, 0.717) is 15.8 Å². The summed E-state index contributed by atoms with van der Waals surface area (Å²) in [5.74, 6) is 0.629. The standard InChI is InChI=1S/C17H25Cl2NO/c1-3-4-5-6-7-8-9-10-20-13-14-11-15(18)12-16(19)17(14)21-2/h11-13H,3-10H2,1-2H3. The number of hydrogen-bond acceptors (Lipinski definition) is 2. The zero-order valence-corrected chi connectivity index (χ0v) is 14.5. The number of unbranched alkanes of at least 4 members (excludes halogenated alkanes) is 6. The average Bonchev–Trinajstić information content (AvgIpc) is 2.45. The minimum absolute atomic E-state index is 0.516. The van der Waals surface area contributed by atoms with Crippen LogP contribution in [0.4, 0.5) is 0 Å². The van der Waals surface area contributed by atoms with Crippen LogP contribution in [0.5, 0.6) is 5.75 Å². The molecule has 0 aliphatic rings. The molecule has 0 aliphatic heterocycles. The van der Waals surface area contributed by atoms with E-state index in [1.54, 1.807) is 19.4 Å². The first kappa shape index (κ1) is 18.3. The molecule has 1 aromatic rings. The van der Waals surface area contributed by atoms with Crippen LogP contribution in [0.25, 0.3) is 0 Å². The van der Waals surface area contributed by atoms with Crippen molar-refractivity contribution in [1.29, 1.82) is 0 Å². The number of ether oxygens (including phenoxy) is 1. The Kier molecular flexibility index (Phi) is 9.53. The molecule has 2 nitrogen and oxygen atoms in total. The van der Waals surface area contributed by atoms with Gasteiger partial charge in [0.1, 0.15) is 5.75 Å². The number of halogens is 2. The van der Waals surface area contributed by atoms with Gasteiger partial charge in [-0.3, -0.25) is 4.99 Å². The summed E-state index contributed by atoms with van der Waals surface area (Å²) in [4.78, 5) is 4.44. The monoisotopic (exact) mass is 329 g/mol. The lowest BCUT2D eigenvalue weighted by Gasteiger charge is -2.07. The molecule has 0 bridgehead atoms. The van der Waals surface area contributed by atoms with Gasteiger partial charge in [-0.1, -0.05) is 68.7 Å². The number of rotatable bonds is 10. The van der Waals surface area contributed by atoms with Gasteiger partial charge in [0.15, 0.2) is 0 Å². The molecule has 0 unspecified atom stereocenters. The summed E-state index contributed by atoms with van der Waals surface area (Å²) in [6, 6.07) is 3.50. The minimum atomic E-state index is 0.516. The van der Waals surface area contributed by atoms with E-state index in [-0.39, 0.29) is 0 Å². The number of hydrogen-bond donors (Lipinski definition) is 0. The number of nitrogens with zero attached hydrogens (tertiary/aromatic N) is 1. The third-order valence-corrected chi connectivity index (χ3v) is 3.86. The topological polar surface area (TPSA) is 21.6 Å². The fourth-order valence-electron chi connectivity index (χ4n) is 2.21. The van der Waals surface area contributed by atoms with E-state index in [9.17, 15) is 0 Å². The second kappa shape index (κ2) is 10.9. The lowest BCUT2D eigenvalue weighted by molar-refractivity contribution is 0.414. The van der Waals surface area contributed by atoms with Crippen molar-refractivity contribution in [3.8, 4) is 5.75 Å². The Balaban J connectivity index is 2.33. The highest BCUT2D eigenvalue weighted by molar-refractivity contribution is 6.36. The van der Waals surface area contributed by atoms with Crippen LogP contribution < -0.4 is 4.74 Å². The average molecular weight is 330 g/mol. The summed E-state index contributed by atoms with van der Waals surface area (Å²) in [6.45, 7) is 3.08. The molecule has 0 amide bonds. The van der Waals surface area contributed by atoms with Gasteiger partial charge in [-0.2, -0.15) is 0 Å². The highest BCUT2D eigenvalue weighted by Crippen LogP contribution is 2.31. The molecule has 0 spiro atoms. The molecule has 0 radical (unpaired) electrons. The van der Waals surface area contributed by atoms with Crippen LogP contribution in [0.15, 0.2) is 17.1 Å². The normalized spacial score (nSPS) is 11.2. The smallest absolute Gasteiger partial charge is 0.146 e. The van der Waals surface area contributed by atoms with Crippen molar-refractivity contribution in [2.24, 2.45) is 4.99 Å². The Bertz CT molecular complexity index is 447. The Morgan fingerprint density at radius 2 is 1.71 bits per heavy atom. The molecule has 0 heterocycles. The molecule has 1 aromatic carbocycles. The first-order valence-corrected chi connectivity index (χ1v) is 8.47. The van der Waals surface area contributed by atoms with Crippen LogP contribution in [-0.2, 0) is 0 Å². The van der Waals surface area contributed by atoms with Crippen molar-refractivity contribution >= 4 is 29.4 Å². The van der Waals surface area contributed by atoms with Crippen LogP contribution in [0.2, 0.25) is 10.0 Å². The van der Waals surface area contributed by atoms with Crippen LogP contribution in [0, 0.1) is 0 Å². The van der Waals surface area contributed by atoms with E-state index >= 15 is 0 Å². The quantitative estimate of drug-likeness (QED) is 0.371. The summed E-state index contributed by atoms with van der Waals surface area (Å²) in [7, 11) is 1.60. The Labute approximate surface area is 138 Å². The first-order chi connectivity index (χ1) is 10.2. The zero-order chi connectivity index (χ0) is 15.5. The lowest BCUT2D eigenvalue weighted by atomic mass is 10.1. The molecule has 4 heteroatoms. The molecule has 21 heavy (non-hydrogen) atoms. The molecular formula is C17H25Cl2NO. The highest BCUT2D eigenvalue weighted by Gasteiger charge is 2.07. The fraction of sp³-hybridized carbons (Fsp3) is 0.588. The molecule has 0 atom stereocenters. The molecule has 0 aromatic heterocycles. The highest BCUT2D eigenvalue weighted by atomic mass is 35.5. The summed E-state index contributed by atoms with van der Waals surface area (Å²) in [6.07, 6.45) is 10.8. The molecule has 0 saturated carbocycles. The molecular weight excluding hydrogens is 305 g/mol. The van der Waals surface area contributed by atoms with E-state index < -0.39 is 0 Å². The molecule has 1 rings (SSSR count). The van der Waals surface area contributed by atoms with Gasteiger partial charge in [-0.15, -0.1) is 0 Å². The SMILES string of the molecule is CCCCCCCCCN=Cc1cc(Cl)cc(Cl)c1OC. The molecule has 0 aliphatic carbocycles. The van der Waals surface area contributed by atoms with Crippen molar-refractivity contribution in [3.05, 3.63) is 27.7 Å². The second-order valence-electron chi connectivity index (χ2n) is 5.17. The third-order valence-electron chi connectivity index (χ3n) is 3.36. The lowest BCUT2D eigenvalue weighted by Crippen LogP contribution is -1.93. The molecule has 0 N–H and O–H groups in total. The van der Waals surface area contributed by atoms with Crippen molar-refractivity contribution in [1.82, 2.24) is 0 Å². The van der Waals surface area contributed by atoms with Crippen molar-refractivity contribution < 1.29 is 4.74 Å². The molecule has 0 saturated heterocycles. The number of aliphatic imine (C=N–C) groups is 1. The Morgan fingerprint density at radius 1 is 1.05 bits per heavy atom. The summed E-state index contributed by atoms with van der Waals surface area (Å²) in [5.41, 5.74) is 0.831. The summed E-state index contributed by atoms with van der Waals surface area (Å²) >= 11 is 12.1. The van der Waals surface area contributed by atoms with Gasteiger partial charge < -0.3 is 4.74 Å². The van der Waals surface area contributed by atoms with E-state index in [2.05, 4.69) is 11.9 Å². The maximum absolute atomic E-state index is 6.09. The van der Waals surface area contributed by atoms with Gasteiger partial charge in [0, 0.05) is 23.3 Å². The van der Waals surface area contributed by atoms with Crippen LogP contribution in [0.3, 0.4) is 0 Å². The molecule has 0 fully saturated rings. The summed E-state index contributed by atoms with van der Waals surface area (Å²) in [5, 5.41) is 1.11. The van der Waals surface area contributed by atoms with Crippen LogP contribution in [0.1, 0.15) is 57.4 Å². The van der Waals surface area contributed by atoms with Gasteiger partial charge in [0.25, 0.3) is 0 Å². The third kappa shape index (κ3) is 7.19. The van der Waals surface area contributed by atoms with E-state index in [1.807, 2.05) is 6.07 Å². The van der Waals surface area contributed by atoms with Crippen molar-refractivity contribution in [2.45, 2.75) is 51.9 Å². The van der Waals surface area contributed by atoms with Crippen molar-refractivity contribution in [2.75, 3.05) is 13.7 Å². The zero-order valence-electron chi connectivity index (χ0n) is 13.0. The second-order valence-corrected chi connectivity index (χ2v) is 6.01. The Hall–Kier alpha value is -0.730. The first-order valence-electron chi connectivity index (χ1n) is 7.72. The maximum Gasteiger partial charge on any atom is 0.146 e. The van der Waals surface area contributed by atoms with Crippen LogP contribution in [-0.4, -0.2) is 19.9 Å². The molecule has 118 valence electrons. The van der Waals surface area contributed by atoms with Crippen LogP contribution >= 0.6 is 23.2 Å². The van der Waals surface area contributed by atoms with Gasteiger partial charge in [-0.25, -0.2) is 0 Å². The van der Waals surface area contributed by atoms with E-state index in [4.69, 9.17) is 27.9 Å². The fourth-order valence-corrected chi connectivity index (χ4v) is 2.80. The van der Waals surface area contributed by atoms with Gasteiger partial charge in [-0.05, 0) is 18.6 Å². The predicted octanol–water partition coefficient (Wildman–Crippen LogP) is 6.17. The minimum Gasteiger partial charge on any atom is -0.495 e. The number of benzene rings is 1. The van der Waals surface area contributed by atoms with Gasteiger partial charge in [0.05, 0.1) is 12.1 Å². The predicted molar refractivity (Wildman–Crippen MR) is 93.5 cm³/mol. The van der Waals surface area contributed by atoms with Gasteiger partial charge in [0.2, 0.25) is 0 Å². The van der Waals surface area contributed by atoms with Crippen molar-refractivity contribution in [3.63, 3.8) is 0 Å². The number of methoxy groups -OCH3 is 1. The van der Waals surface area contributed by atoms with E-state index in [0.717, 1.165) is 18.5 Å². The van der Waals surface area contributed by atoms with Gasteiger partial charge >= 0.3 is 0 Å². The summed E-state index contributed by atoms with van der Waals surface area (Å²) < 4.78 is 5.28.